The van der Waals surface area contributed by atoms with Crippen molar-refractivity contribution < 1.29 is 14.3 Å². The molecule has 0 aliphatic rings. The highest BCUT2D eigenvalue weighted by Gasteiger charge is 2.18. The Kier molecular flexibility index (Phi) is 4.12. The fourth-order valence-electron chi connectivity index (χ4n) is 1.55. The van der Waals surface area contributed by atoms with Crippen LogP contribution in [-0.4, -0.2) is 24.2 Å². The number of hydrogen-bond acceptors (Lipinski definition) is 3. The van der Waals surface area contributed by atoms with Crippen molar-refractivity contribution in [1.29, 1.82) is 0 Å². The lowest BCUT2D eigenvalue weighted by Crippen LogP contribution is -2.30. The summed E-state index contributed by atoms with van der Waals surface area (Å²) in [7, 11) is 0. The normalized spacial score (nSPS) is 12.6. The largest absolute Gasteiger partial charge is 0.466 e. The molecular weight excluding hydrogens is 206 g/mol. The van der Waals surface area contributed by atoms with Crippen LogP contribution >= 0.6 is 0 Å². The van der Waals surface area contributed by atoms with Gasteiger partial charge in [-0.05, 0) is 26.7 Å². The predicted octanol–water partition coefficient (Wildman–Crippen LogP) is 1.56. The van der Waals surface area contributed by atoms with Crippen LogP contribution < -0.4 is 5.32 Å². The molecule has 0 bridgehead atoms. The average Bonchev–Trinajstić information content (AvgIpc) is 2.49. The topological polar surface area (TPSA) is 62.5 Å². The number of aliphatic hydroxyl groups is 1. The van der Waals surface area contributed by atoms with E-state index in [0.717, 1.165) is 11.3 Å². The fraction of sp³-hybridized carbons (Fsp3) is 0.583. The first-order chi connectivity index (χ1) is 7.47. The Morgan fingerprint density at radius 1 is 1.38 bits per heavy atom. The van der Waals surface area contributed by atoms with Crippen LogP contribution in [0.3, 0.4) is 0 Å². The van der Waals surface area contributed by atoms with Gasteiger partial charge in [0.2, 0.25) is 0 Å². The van der Waals surface area contributed by atoms with Crippen LogP contribution in [0.1, 0.15) is 34.4 Å². The summed E-state index contributed by atoms with van der Waals surface area (Å²) in [6.45, 7) is 7.91. The Morgan fingerprint density at radius 2 is 2.00 bits per heavy atom. The van der Waals surface area contributed by atoms with E-state index in [1.165, 1.54) is 0 Å². The molecule has 4 nitrogen and oxygen atoms in total. The minimum Gasteiger partial charge on any atom is -0.466 e. The second-order valence-electron chi connectivity index (χ2n) is 4.21. The summed E-state index contributed by atoms with van der Waals surface area (Å²) < 4.78 is 5.39. The van der Waals surface area contributed by atoms with Gasteiger partial charge in [0.15, 0.2) is 0 Å². The second-order valence-corrected chi connectivity index (χ2v) is 4.21. The summed E-state index contributed by atoms with van der Waals surface area (Å²) in [5.41, 5.74) is 1.49. The zero-order valence-electron chi connectivity index (χ0n) is 10.3. The maximum absolute atomic E-state index is 11.9. The van der Waals surface area contributed by atoms with Crippen LogP contribution in [-0.2, 0) is 0 Å². The lowest BCUT2D eigenvalue weighted by molar-refractivity contribution is 0.0940. The Hall–Kier alpha value is -1.29. The third-order valence-electron chi connectivity index (χ3n) is 2.71. The number of amides is 1. The predicted molar refractivity (Wildman–Crippen MR) is 61.5 cm³/mol. The van der Waals surface area contributed by atoms with E-state index in [4.69, 9.17) is 9.52 Å². The van der Waals surface area contributed by atoms with E-state index < -0.39 is 0 Å². The van der Waals surface area contributed by atoms with Crippen LogP contribution in [0.25, 0.3) is 0 Å². The van der Waals surface area contributed by atoms with E-state index in [1.807, 2.05) is 20.8 Å². The molecule has 0 saturated heterocycles. The van der Waals surface area contributed by atoms with Crippen molar-refractivity contribution in [3.8, 4) is 0 Å². The van der Waals surface area contributed by atoms with Gasteiger partial charge in [0.1, 0.15) is 11.5 Å². The molecule has 0 aliphatic heterocycles. The standard InChI is InChI=1S/C12H19NO3/c1-7(6-14)5-13-12(15)11-8(2)9(3)16-10(11)4/h7,14H,5-6H2,1-4H3,(H,13,15). The summed E-state index contributed by atoms with van der Waals surface area (Å²) in [6, 6.07) is 0. The molecule has 4 heteroatoms. The number of nitrogens with one attached hydrogen (secondary N) is 1. The molecule has 0 aromatic carbocycles. The molecule has 0 aliphatic carbocycles. The number of hydrogen-bond donors (Lipinski definition) is 2. The van der Waals surface area contributed by atoms with E-state index in [-0.39, 0.29) is 18.4 Å². The Balaban J connectivity index is 2.73. The molecule has 1 atom stereocenters. The van der Waals surface area contributed by atoms with Crippen LogP contribution in [0, 0.1) is 26.7 Å². The molecule has 90 valence electrons. The van der Waals surface area contributed by atoms with E-state index in [2.05, 4.69) is 5.32 Å². The molecule has 1 amide bonds. The molecule has 1 aromatic heterocycles. The first-order valence-corrected chi connectivity index (χ1v) is 5.43. The molecule has 1 rings (SSSR count). The number of rotatable bonds is 4. The highest BCUT2D eigenvalue weighted by molar-refractivity contribution is 5.96. The highest BCUT2D eigenvalue weighted by Crippen LogP contribution is 2.20. The van der Waals surface area contributed by atoms with Crippen LogP contribution in [0.5, 0.6) is 0 Å². The molecule has 1 unspecified atom stereocenters. The van der Waals surface area contributed by atoms with Crippen molar-refractivity contribution in [2.24, 2.45) is 5.92 Å². The molecule has 0 spiro atoms. The minimum absolute atomic E-state index is 0.0672. The maximum Gasteiger partial charge on any atom is 0.255 e. The SMILES string of the molecule is Cc1oc(C)c(C(=O)NCC(C)CO)c1C. The van der Waals surface area contributed by atoms with Crippen molar-refractivity contribution in [1.82, 2.24) is 5.32 Å². The molecule has 1 heterocycles. The second kappa shape index (κ2) is 5.16. The summed E-state index contributed by atoms with van der Waals surface area (Å²) >= 11 is 0. The van der Waals surface area contributed by atoms with Gasteiger partial charge in [0, 0.05) is 18.7 Å². The maximum atomic E-state index is 11.9. The highest BCUT2D eigenvalue weighted by atomic mass is 16.3. The average molecular weight is 225 g/mol. The van der Waals surface area contributed by atoms with Crippen LogP contribution in [0.15, 0.2) is 4.42 Å². The quantitative estimate of drug-likeness (QED) is 0.817. The fourth-order valence-corrected chi connectivity index (χ4v) is 1.55. The zero-order valence-corrected chi connectivity index (χ0v) is 10.3. The van der Waals surface area contributed by atoms with Gasteiger partial charge in [0.05, 0.1) is 5.56 Å². The molecule has 16 heavy (non-hydrogen) atoms. The number of aliphatic hydroxyl groups excluding tert-OH is 1. The first-order valence-electron chi connectivity index (χ1n) is 5.43. The monoisotopic (exact) mass is 225 g/mol. The molecule has 2 N–H and O–H groups in total. The van der Waals surface area contributed by atoms with E-state index in [1.54, 1.807) is 6.92 Å². The molecule has 1 aromatic rings. The number of aryl methyl sites for hydroxylation is 2. The van der Waals surface area contributed by atoms with Gasteiger partial charge in [-0.3, -0.25) is 4.79 Å². The Morgan fingerprint density at radius 3 is 2.44 bits per heavy atom. The number of carbonyl (C=O) groups is 1. The smallest absolute Gasteiger partial charge is 0.255 e. The lowest BCUT2D eigenvalue weighted by Gasteiger charge is -2.09. The van der Waals surface area contributed by atoms with Crippen LogP contribution in [0.2, 0.25) is 0 Å². The van der Waals surface area contributed by atoms with Gasteiger partial charge < -0.3 is 14.8 Å². The van der Waals surface area contributed by atoms with Gasteiger partial charge in [-0.15, -0.1) is 0 Å². The zero-order chi connectivity index (χ0) is 12.3. The third-order valence-corrected chi connectivity index (χ3v) is 2.71. The summed E-state index contributed by atoms with van der Waals surface area (Å²) in [5, 5.41) is 11.6. The van der Waals surface area contributed by atoms with Crippen molar-refractivity contribution in [2.75, 3.05) is 13.2 Å². The molecule has 0 saturated carbocycles. The van der Waals surface area contributed by atoms with Crippen molar-refractivity contribution in [3.63, 3.8) is 0 Å². The number of carbonyl (C=O) groups excluding carboxylic acids is 1. The first kappa shape index (κ1) is 12.8. The molecular formula is C12H19NO3. The van der Waals surface area contributed by atoms with E-state index >= 15 is 0 Å². The van der Waals surface area contributed by atoms with E-state index in [9.17, 15) is 4.79 Å². The van der Waals surface area contributed by atoms with Crippen molar-refractivity contribution in [3.05, 3.63) is 22.6 Å². The van der Waals surface area contributed by atoms with Gasteiger partial charge in [-0.25, -0.2) is 0 Å². The van der Waals surface area contributed by atoms with Crippen molar-refractivity contribution >= 4 is 5.91 Å². The summed E-state index contributed by atoms with van der Waals surface area (Å²) in [5.74, 6) is 1.35. The molecule has 0 radical (unpaired) electrons. The van der Waals surface area contributed by atoms with Crippen molar-refractivity contribution in [2.45, 2.75) is 27.7 Å². The van der Waals surface area contributed by atoms with Gasteiger partial charge in [-0.1, -0.05) is 6.92 Å². The van der Waals surface area contributed by atoms with Gasteiger partial charge in [-0.2, -0.15) is 0 Å². The Labute approximate surface area is 95.7 Å². The number of furan rings is 1. The van der Waals surface area contributed by atoms with Gasteiger partial charge >= 0.3 is 0 Å². The minimum atomic E-state index is -0.132. The van der Waals surface area contributed by atoms with Crippen LogP contribution in [0.4, 0.5) is 0 Å². The lowest BCUT2D eigenvalue weighted by atomic mass is 10.1. The van der Waals surface area contributed by atoms with E-state index in [0.29, 0.717) is 17.9 Å². The summed E-state index contributed by atoms with van der Waals surface area (Å²) in [6.07, 6.45) is 0. The molecule has 0 fully saturated rings. The summed E-state index contributed by atoms with van der Waals surface area (Å²) in [4.78, 5) is 11.9. The van der Waals surface area contributed by atoms with Gasteiger partial charge in [0.25, 0.3) is 5.91 Å². The Bertz CT molecular complexity index is 382. The third kappa shape index (κ3) is 2.64.